The van der Waals surface area contributed by atoms with Gasteiger partial charge in [-0.1, -0.05) is 41.7 Å². The predicted octanol–water partition coefficient (Wildman–Crippen LogP) is 3.15. The lowest BCUT2D eigenvalue weighted by Gasteiger charge is -2.09. The largest absolute Gasteiger partial charge is 0.417 e. The van der Waals surface area contributed by atoms with E-state index in [0.717, 1.165) is 35.4 Å². The van der Waals surface area contributed by atoms with E-state index < -0.39 is 23.2 Å². The molecule has 2 aromatic heterocycles. The molecular formula is C16H11F3N4OS. The molecule has 0 aliphatic heterocycles. The molecule has 128 valence electrons. The molecule has 0 aliphatic carbocycles. The Balaban J connectivity index is 1.95. The van der Waals surface area contributed by atoms with E-state index in [9.17, 15) is 18.0 Å². The minimum Gasteiger partial charge on any atom is -0.267 e. The predicted molar refractivity (Wildman–Crippen MR) is 84.8 cm³/mol. The fourth-order valence-corrected chi connectivity index (χ4v) is 2.77. The van der Waals surface area contributed by atoms with E-state index in [1.165, 1.54) is 10.2 Å². The van der Waals surface area contributed by atoms with Crippen molar-refractivity contribution in [3.8, 4) is 0 Å². The van der Waals surface area contributed by atoms with E-state index in [0.29, 0.717) is 6.54 Å². The van der Waals surface area contributed by atoms with Crippen molar-refractivity contribution in [2.75, 3.05) is 0 Å². The van der Waals surface area contributed by atoms with Gasteiger partial charge in [0.05, 0.1) is 17.7 Å². The van der Waals surface area contributed by atoms with Crippen LogP contribution in [0.15, 0.2) is 59.3 Å². The van der Waals surface area contributed by atoms with E-state index >= 15 is 0 Å². The number of carbonyl (C=O) groups excluding carboxylic acids is 1. The average Bonchev–Trinajstić information content (AvgIpc) is 3.02. The van der Waals surface area contributed by atoms with Gasteiger partial charge in [-0.3, -0.25) is 9.78 Å². The normalized spacial score (nSPS) is 12.4. The molecule has 1 aromatic carbocycles. The van der Waals surface area contributed by atoms with Crippen molar-refractivity contribution in [1.82, 2.24) is 14.8 Å². The second-order valence-electron chi connectivity index (χ2n) is 5.00. The van der Waals surface area contributed by atoms with Gasteiger partial charge in [-0.15, -0.1) is 0 Å². The Bertz CT molecular complexity index is 948. The van der Waals surface area contributed by atoms with Gasteiger partial charge in [0.2, 0.25) is 4.80 Å². The van der Waals surface area contributed by atoms with E-state index in [2.05, 4.69) is 15.1 Å². The number of nitrogens with zero attached hydrogens (tertiary/aromatic N) is 4. The van der Waals surface area contributed by atoms with Gasteiger partial charge >= 0.3 is 6.18 Å². The van der Waals surface area contributed by atoms with Gasteiger partial charge in [-0.25, -0.2) is 4.68 Å². The van der Waals surface area contributed by atoms with Crippen molar-refractivity contribution >= 4 is 17.2 Å². The first-order chi connectivity index (χ1) is 11.9. The maximum atomic E-state index is 13.0. The Morgan fingerprint density at radius 3 is 2.68 bits per heavy atom. The van der Waals surface area contributed by atoms with Crippen molar-refractivity contribution in [1.29, 1.82) is 0 Å². The van der Waals surface area contributed by atoms with Crippen molar-refractivity contribution < 1.29 is 18.0 Å². The van der Waals surface area contributed by atoms with E-state index in [-0.39, 0.29) is 4.80 Å². The SMILES string of the molecule is O=C(N=c1scnn1Cc1ccccc1)c1cnccc1C(F)(F)F. The molecule has 3 aromatic rings. The topological polar surface area (TPSA) is 60.1 Å². The van der Waals surface area contributed by atoms with Crippen LogP contribution in [-0.4, -0.2) is 20.7 Å². The van der Waals surface area contributed by atoms with Crippen LogP contribution in [0.25, 0.3) is 0 Å². The molecule has 0 spiro atoms. The third kappa shape index (κ3) is 4.00. The number of pyridine rings is 1. The highest BCUT2D eigenvalue weighted by Gasteiger charge is 2.35. The summed E-state index contributed by atoms with van der Waals surface area (Å²) in [7, 11) is 0. The van der Waals surface area contributed by atoms with Crippen LogP contribution < -0.4 is 4.80 Å². The number of hydrogen-bond donors (Lipinski definition) is 0. The highest BCUT2D eigenvalue weighted by atomic mass is 32.1. The molecule has 3 rings (SSSR count). The Labute approximate surface area is 144 Å². The molecular weight excluding hydrogens is 353 g/mol. The monoisotopic (exact) mass is 364 g/mol. The second kappa shape index (κ2) is 6.98. The van der Waals surface area contributed by atoms with Gasteiger partial charge in [0.1, 0.15) is 5.51 Å². The molecule has 0 N–H and O–H groups in total. The van der Waals surface area contributed by atoms with Gasteiger partial charge in [0, 0.05) is 12.4 Å². The van der Waals surface area contributed by atoms with Crippen molar-refractivity contribution in [2.24, 2.45) is 4.99 Å². The lowest BCUT2D eigenvalue weighted by molar-refractivity contribution is -0.138. The number of hydrogen-bond acceptors (Lipinski definition) is 4. The Hall–Kier alpha value is -2.81. The first-order valence-electron chi connectivity index (χ1n) is 7.10. The standard InChI is InChI=1S/C16H11F3N4OS/c17-16(18,19)13-6-7-20-8-12(13)14(24)22-15-23(21-10-25-15)9-11-4-2-1-3-5-11/h1-8,10H,9H2. The number of aromatic nitrogens is 3. The van der Waals surface area contributed by atoms with Crippen LogP contribution in [-0.2, 0) is 12.7 Å². The molecule has 2 heterocycles. The molecule has 0 unspecified atom stereocenters. The van der Waals surface area contributed by atoms with Crippen molar-refractivity contribution in [2.45, 2.75) is 12.7 Å². The Kier molecular flexibility index (Phi) is 4.75. The van der Waals surface area contributed by atoms with Crippen LogP contribution in [0.3, 0.4) is 0 Å². The third-order valence-electron chi connectivity index (χ3n) is 3.29. The lowest BCUT2D eigenvalue weighted by atomic mass is 10.1. The van der Waals surface area contributed by atoms with Crippen LogP contribution in [0.5, 0.6) is 0 Å². The van der Waals surface area contributed by atoms with Crippen molar-refractivity contribution in [3.05, 3.63) is 75.8 Å². The summed E-state index contributed by atoms with van der Waals surface area (Å²) in [6.07, 6.45) is -2.80. The fourth-order valence-electron chi connectivity index (χ4n) is 2.15. The number of carbonyl (C=O) groups is 1. The summed E-state index contributed by atoms with van der Waals surface area (Å²) in [5, 5.41) is 4.08. The number of benzene rings is 1. The van der Waals surface area contributed by atoms with Crippen LogP contribution in [0, 0.1) is 0 Å². The van der Waals surface area contributed by atoms with E-state index in [1.54, 1.807) is 0 Å². The number of halogens is 3. The Morgan fingerprint density at radius 1 is 1.20 bits per heavy atom. The molecule has 0 saturated heterocycles. The van der Waals surface area contributed by atoms with Crippen LogP contribution >= 0.6 is 11.3 Å². The van der Waals surface area contributed by atoms with Crippen LogP contribution in [0.2, 0.25) is 0 Å². The zero-order valence-corrected chi connectivity index (χ0v) is 13.5. The highest BCUT2D eigenvalue weighted by Crippen LogP contribution is 2.31. The molecule has 9 heteroatoms. The number of rotatable bonds is 3. The quantitative estimate of drug-likeness (QED) is 0.717. The third-order valence-corrected chi connectivity index (χ3v) is 4.01. The van der Waals surface area contributed by atoms with Crippen molar-refractivity contribution in [3.63, 3.8) is 0 Å². The first-order valence-corrected chi connectivity index (χ1v) is 7.98. The maximum Gasteiger partial charge on any atom is 0.417 e. The lowest BCUT2D eigenvalue weighted by Crippen LogP contribution is -2.20. The summed E-state index contributed by atoms with van der Waals surface area (Å²) < 4.78 is 40.5. The van der Waals surface area contributed by atoms with E-state index in [1.807, 2.05) is 30.3 Å². The smallest absolute Gasteiger partial charge is 0.267 e. The summed E-state index contributed by atoms with van der Waals surface area (Å²) in [6, 6.07) is 10.1. The highest BCUT2D eigenvalue weighted by molar-refractivity contribution is 7.06. The number of amides is 1. The van der Waals surface area contributed by atoms with Gasteiger partial charge in [0.25, 0.3) is 5.91 Å². The Morgan fingerprint density at radius 2 is 1.96 bits per heavy atom. The average molecular weight is 364 g/mol. The summed E-state index contributed by atoms with van der Waals surface area (Å²) in [6.45, 7) is 0.357. The summed E-state index contributed by atoms with van der Waals surface area (Å²) in [4.78, 5) is 19.9. The molecule has 0 bridgehead atoms. The number of alkyl halides is 3. The van der Waals surface area contributed by atoms with Crippen LogP contribution in [0.4, 0.5) is 13.2 Å². The molecule has 5 nitrogen and oxygen atoms in total. The van der Waals surface area contributed by atoms with Gasteiger partial charge in [-0.2, -0.15) is 23.3 Å². The zero-order chi connectivity index (χ0) is 17.9. The minimum atomic E-state index is -4.66. The summed E-state index contributed by atoms with van der Waals surface area (Å²) >= 11 is 1.07. The second-order valence-corrected chi connectivity index (χ2v) is 5.81. The van der Waals surface area contributed by atoms with E-state index in [4.69, 9.17) is 0 Å². The molecule has 0 fully saturated rings. The minimum absolute atomic E-state index is 0.214. The van der Waals surface area contributed by atoms with Crippen LogP contribution in [0.1, 0.15) is 21.5 Å². The molecule has 25 heavy (non-hydrogen) atoms. The zero-order valence-electron chi connectivity index (χ0n) is 12.6. The molecule has 0 atom stereocenters. The molecule has 0 saturated carbocycles. The van der Waals surface area contributed by atoms with Gasteiger partial charge in [0.15, 0.2) is 0 Å². The van der Waals surface area contributed by atoms with Gasteiger partial charge < -0.3 is 0 Å². The molecule has 0 aliphatic rings. The molecule has 0 radical (unpaired) electrons. The fraction of sp³-hybridized carbons (Fsp3) is 0.125. The summed E-state index contributed by atoms with van der Waals surface area (Å²) in [5.41, 5.74) is 0.757. The van der Waals surface area contributed by atoms with Gasteiger partial charge in [-0.05, 0) is 11.6 Å². The first kappa shape index (κ1) is 17.0. The molecule has 1 amide bonds. The summed E-state index contributed by atoms with van der Waals surface area (Å²) in [5.74, 6) is -1.01. The maximum absolute atomic E-state index is 13.0.